The maximum Gasteiger partial charge on any atom is 0.234 e. The molecule has 1 aromatic carbocycles. The number of hydrazine groups is 1. The molecule has 0 aromatic heterocycles. The predicted octanol–water partition coefficient (Wildman–Crippen LogP) is 2.00. The SMILES string of the molecule is COc1ccc(OC(C)CCC(=O)NN)c(Br)c1. The highest BCUT2D eigenvalue weighted by atomic mass is 79.9. The summed E-state index contributed by atoms with van der Waals surface area (Å²) in [4.78, 5) is 11.0. The van der Waals surface area contributed by atoms with E-state index in [2.05, 4.69) is 21.4 Å². The van der Waals surface area contributed by atoms with E-state index in [1.54, 1.807) is 7.11 Å². The van der Waals surface area contributed by atoms with Crippen LogP contribution < -0.4 is 20.7 Å². The van der Waals surface area contributed by atoms with Crippen LogP contribution in [0.15, 0.2) is 22.7 Å². The first kappa shape index (κ1) is 14.8. The number of halogens is 1. The lowest BCUT2D eigenvalue weighted by Crippen LogP contribution is -2.30. The Balaban J connectivity index is 2.53. The molecule has 0 bridgehead atoms. The maximum absolute atomic E-state index is 11.0. The maximum atomic E-state index is 11.0. The molecule has 1 atom stereocenters. The molecule has 3 N–H and O–H groups in total. The van der Waals surface area contributed by atoms with Crippen LogP contribution in [0.3, 0.4) is 0 Å². The highest BCUT2D eigenvalue weighted by Gasteiger charge is 2.10. The smallest absolute Gasteiger partial charge is 0.234 e. The van der Waals surface area contributed by atoms with Gasteiger partial charge in [-0.05, 0) is 47.5 Å². The minimum Gasteiger partial charge on any atom is -0.497 e. The third-order valence-electron chi connectivity index (χ3n) is 2.41. The second-order valence-electron chi connectivity index (χ2n) is 3.83. The van der Waals surface area contributed by atoms with Gasteiger partial charge in [-0.3, -0.25) is 10.2 Å². The summed E-state index contributed by atoms with van der Waals surface area (Å²) in [6.07, 6.45) is 0.861. The first-order valence-corrected chi connectivity index (χ1v) is 6.35. The molecule has 0 aliphatic heterocycles. The van der Waals surface area contributed by atoms with E-state index in [1.807, 2.05) is 25.1 Å². The van der Waals surface area contributed by atoms with Crippen LogP contribution in [0.5, 0.6) is 11.5 Å². The summed E-state index contributed by atoms with van der Waals surface area (Å²) >= 11 is 3.41. The highest BCUT2D eigenvalue weighted by Crippen LogP contribution is 2.30. The van der Waals surface area contributed by atoms with Crippen molar-refractivity contribution in [2.45, 2.75) is 25.9 Å². The number of rotatable bonds is 6. The fraction of sp³-hybridized carbons (Fsp3) is 0.417. The fourth-order valence-corrected chi connectivity index (χ4v) is 1.84. The zero-order chi connectivity index (χ0) is 13.5. The van der Waals surface area contributed by atoms with Gasteiger partial charge in [-0.2, -0.15) is 0 Å². The third kappa shape index (κ3) is 4.54. The highest BCUT2D eigenvalue weighted by molar-refractivity contribution is 9.10. The Morgan fingerprint density at radius 3 is 2.83 bits per heavy atom. The van der Waals surface area contributed by atoms with Gasteiger partial charge < -0.3 is 9.47 Å². The summed E-state index contributed by atoms with van der Waals surface area (Å²) in [6, 6.07) is 5.47. The number of carbonyl (C=O) groups is 1. The van der Waals surface area contributed by atoms with E-state index in [0.717, 1.165) is 16.0 Å². The van der Waals surface area contributed by atoms with Gasteiger partial charge in [0.05, 0.1) is 17.7 Å². The number of nitrogens with one attached hydrogen (secondary N) is 1. The normalized spacial score (nSPS) is 11.8. The summed E-state index contributed by atoms with van der Waals surface area (Å²) in [5.41, 5.74) is 2.09. The van der Waals surface area contributed by atoms with E-state index in [4.69, 9.17) is 15.3 Å². The second-order valence-corrected chi connectivity index (χ2v) is 4.69. The van der Waals surface area contributed by atoms with E-state index in [-0.39, 0.29) is 12.0 Å². The molecule has 0 radical (unpaired) electrons. The van der Waals surface area contributed by atoms with E-state index in [0.29, 0.717) is 12.8 Å². The van der Waals surface area contributed by atoms with Crippen molar-refractivity contribution in [2.75, 3.05) is 7.11 Å². The molecule has 18 heavy (non-hydrogen) atoms. The van der Waals surface area contributed by atoms with Gasteiger partial charge >= 0.3 is 0 Å². The molecular formula is C12H17BrN2O3. The van der Waals surface area contributed by atoms with Crippen molar-refractivity contribution < 1.29 is 14.3 Å². The van der Waals surface area contributed by atoms with Gasteiger partial charge in [-0.15, -0.1) is 0 Å². The van der Waals surface area contributed by atoms with Crippen molar-refractivity contribution in [3.8, 4) is 11.5 Å². The summed E-state index contributed by atoms with van der Waals surface area (Å²) in [7, 11) is 1.61. The number of nitrogens with two attached hydrogens (primary N) is 1. The summed E-state index contributed by atoms with van der Waals surface area (Å²) in [5.74, 6) is 6.28. The summed E-state index contributed by atoms with van der Waals surface area (Å²) < 4.78 is 11.6. The molecule has 1 aromatic rings. The van der Waals surface area contributed by atoms with Crippen LogP contribution in [-0.4, -0.2) is 19.1 Å². The van der Waals surface area contributed by atoms with Crippen LogP contribution in [0.1, 0.15) is 19.8 Å². The molecule has 0 aliphatic carbocycles. The van der Waals surface area contributed by atoms with Crippen molar-refractivity contribution in [3.63, 3.8) is 0 Å². The van der Waals surface area contributed by atoms with Crippen LogP contribution in [-0.2, 0) is 4.79 Å². The lowest BCUT2D eigenvalue weighted by atomic mass is 10.2. The van der Waals surface area contributed by atoms with Crippen molar-refractivity contribution in [1.82, 2.24) is 5.43 Å². The lowest BCUT2D eigenvalue weighted by Gasteiger charge is -2.15. The van der Waals surface area contributed by atoms with Crippen LogP contribution in [0.2, 0.25) is 0 Å². The monoisotopic (exact) mass is 316 g/mol. The average molecular weight is 317 g/mol. The summed E-state index contributed by atoms with van der Waals surface area (Å²) in [6.45, 7) is 1.90. The van der Waals surface area contributed by atoms with Crippen LogP contribution >= 0.6 is 15.9 Å². The van der Waals surface area contributed by atoms with E-state index < -0.39 is 0 Å². The minimum atomic E-state index is -0.195. The first-order valence-electron chi connectivity index (χ1n) is 5.56. The van der Waals surface area contributed by atoms with Crippen molar-refractivity contribution in [1.29, 1.82) is 0 Å². The Morgan fingerprint density at radius 2 is 2.28 bits per heavy atom. The lowest BCUT2D eigenvalue weighted by molar-refractivity contribution is -0.121. The van der Waals surface area contributed by atoms with Crippen molar-refractivity contribution in [2.24, 2.45) is 5.84 Å². The van der Waals surface area contributed by atoms with E-state index >= 15 is 0 Å². The molecule has 0 aliphatic rings. The molecule has 0 saturated heterocycles. The van der Waals surface area contributed by atoms with E-state index in [9.17, 15) is 4.79 Å². The number of ether oxygens (including phenoxy) is 2. The molecule has 6 heteroatoms. The number of carbonyl (C=O) groups excluding carboxylic acids is 1. The van der Waals surface area contributed by atoms with Gasteiger partial charge in [-0.25, -0.2) is 5.84 Å². The largest absolute Gasteiger partial charge is 0.497 e. The molecule has 1 amide bonds. The number of hydrogen-bond acceptors (Lipinski definition) is 4. The third-order valence-corrected chi connectivity index (χ3v) is 3.03. The quantitative estimate of drug-likeness (QED) is 0.478. The molecule has 0 fully saturated rings. The van der Waals surface area contributed by atoms with Gasteiger partial charge in [0.2, 0.25) is 5.91 Å². The number of hydrogen-bond donors (Lipinski definition) is 2. The average Bonchev–Trinajstić information content (AvgIpc) is 2.38. The van der Waals surface area contributed by atoms with E-state index in [1.165, 1.54) is 0 Å². The Hall–Kier alpha value is -1.27. The standard InChI is InChI=1S/C12H17BrN2O3/c1-8(3-6-12(16)15-14)18-11-5-4-9(17-2)7-10(11)13/h4-5,7-8H,3,6,14H2,1-2H3,(H,15,16). The topological polar surface area (TPSA) is 73.6 Å². The van der Waals surface area contributed by atoms with Crippen LogP contribution in [0, 0.1) is 0 Å². The van der Waals surface area contributed by atoms with Crippen molar-refractivity contribution >= 4 is 21.8 Å². The zero-order valence-corrected chi connectivity index (χ0v) is 12.0. The zero-order valence-electron chi connectivity index (χ0n) is 10.4. The Bertz CT molecular complexity index is 412. The fourth-order valence-electron chi connectivity index (χ4n) is 1.39. The minimum absolute atomic E-state index is 0.0769. The molecule has 1 unspecified atom stereocenters. The molecule has 0 saturated carbocycles. The van der Waals surface area contributed by atoms with Crippen LogP contribution in [0.4, 0.5) is 0 Å². The molecule has 0 heterocycles. The first-order chi connectivity index (χ1) is 8.56. The number of methoxy groups -OCH3 is 1. The molecular weight excluding hydrogens is 300 g/mol. The van der Waals surface area contributed by atoms with Crippen LogP contribution in [0.25, 0.3) is 0 Å². The molecule has 5 nitrogen and oxygen atoms in total. The van der Waals surface area contributed by atoms with Gasteiger partial charge in [0, 0.05) is 6.42 Å². The molecule has 1 rings (SSSR count). The second kappa shape index (κ2) is 7.23. The van der Waals surface area contributed by atoms with Gasteiger partial charge in [-0.1, -0.05) is 0 Å². The molecule has 100 valence electrons. The number of benzene rings is 1. The van der Waals surface area contributed by atoms with Gasteiger partial charge in [0.15, 0.2) is 0 Å². The predicted molar refractivity (Wildman–Crippen MR) is 72.3 cm³/mol. The summed E-state index contributed by atoms with van der Waals surface area (Å²) in [5, 5.41) is 0. The van der Waals surface area contributed by atoms with Gasteiger partial charge in [0.1, 0.15) is 11.5 Å². The molecule has 0 spiro atoms. The Labute approximate surface area is 115 Å². The number of amides is 1. The Morgan fingerprint density at radius 1 is 1.56 bits per heavy atom. The van der Waals surface area contributed by atoms with Crippen molar-refractivity contribution in [3.05, 3.63) is 22.7 Å². The Kier molecular flexibility index (Phi) is 5.94. The van der Waals surface area contributed by atoms with Gasteiger partial charge in [0.25, 0.3) is 0 Å².